The second-order valence-electron chi connectivity index (χ2n) is 9.59. The molecule has 1 N–H and O–H groups in total. The number of unbranched alkanes of at least 4 members (excludes halogenated alkanes) is 2. The quantitative estimate of drug-likeness (QED) is 0.325. The summed E-state index contributed by atoms with van der Waals surface area (Å²) in [5.41, 5.74) is 4.24. The lowest BCUT2D eigenvalue weighted by molar-refractivity contribution is -0.0620. The van der Waals surface area contributed by atoms with Crippen LogP contribution in [0, 0.1) is 24.2 Å². The molecule has 5 nitrogen and oxygen atoms in total. The lowest BCUT2D eigenvalue weighted by Gasteiger charge is -2.38. The minimum absolute atomic E-state index is 0.311. The van der Waals surface area contributed by atoms with E-state index in [-0.39, 0.29) is 6.04 Å². The summed E-state index contributed by atoms with van der Waals surface area (Å²) >= 11 is 0. The van der Waals surface area contributed by atoms with Crippen LogP contribution in [-0.4, -0.2) is 32.4 Å². The summed E-state index contributed by atoms with van der Waals surface area (Å²) in [5, 5.41) is 10.3. The van der Waals surface area contributed by atoms with Gasteiger partial charge in [-0.05, 0) is 73.3 Å². The van der Waals surface area contributed by atoms with Crippen molar-refractivity contribution in [3.8, 4) is 6.07 Å². The average Bonchev–Trinajstić information content (AvgIpc) is 2.79. The van der Waals surface area contributed by atoms with Gasteiger partial charge in [0.1, 0.15) is 0 Å². The normalized spacial score (nSPS) is 20.0. The summed E-state index contributed by atoms with van der Waals surface area (Å²) in [6.07, 6.45) is 7.56. The molecule has 1 fully saturated rings. The molecule has 2 aromatic carbocycles. The largest absolute Gasteiger partial charge is 0.284 e. The maximum atomic E-state index is 15.0. The van der Waals surface area contributed by atoms with Crippen LogP contribution in [-0.2, 0) is 16.4 Å². The smallest absolute Gasteiger partial charge is 0.229 e. The number of benzene rings is 2. The van der Waals surface area contributed by atoms with E-state index < -0.39 is 10.0 Å². The zero-order chi connectivity index (χ0) is 24.7. The number of anilines is 1. The number of sulfonamides is 1. The van der Waals surface area contributed by atoms with Gasteiger partial charge < -0.3 is 0 Å². The molecule has 0 bridgehead atoms. The van der Waals surface area contributed by atoms with Crippen molar-refractivity contribution in [2.45, 2.75) is 70.8 Å². The summed E-state index contributed by atoms with van der Waals surface area (Å²) in [7, 11) is -3.42. The van der Waals surface area contributed by atoms with Crippen LogP contribution in [0.4, 0.5) is 10.2 Å². The van der Waals surface area contributed by atoms with Crippen molar-refractivity contribution < 1.29 is 12.9 Å². The summed E-state index contributed by atoms with van der Waals surface area (Å²) in [6, 6.07) is 15.3. The highest BCUT2D eigenvalue weighted by atomic mass is 32.2. The van der Waals surface area contributed by atoms with Gasteiger partial charge in [-0.25, -0.2) is 8.42 Å². The summed E-state index contributed by atoms with van der Waals surface area (Å²) in [5.74, 6) is 0.648. The molecule has 0 aromatic heterocycles. The van der Waals surface area contributed by atoms with Crippen molar-refractivity contribution in [1.82, 2.24) is 5.12 Å². The van der Waals surface area contributed by atoms with Gasteiger partial charge in [0.05, 0.1) is 23.6 Å². The SMILES string of the molecule is CCCCCC(c1ccc(C#N)c(C)c1)C1CCN(F)C(Cc2ccccc2NS(C)(=O)=O)C1. The first-order valence-corrected chi connectivity index (χ1v) is 14.1. The summed E-state index contributed by atoms with van der Waals surface area (Å²) in [4.78, 5) is 0. The van der Waals surface area contributed by atoms with Crippen molar-refractivity contribution in [2.75, 3.05) is 17.5 Å². The van der Waals surface area contributed by atoms with E-state index in [1.807, 2.05) is 25.1 Å². The number of nitrogens with one attached hydrogen (secondary N) is 1. The standard InChI is InChI=1S/C27H36FN3O2S/c1-4-5-6-10-26(21-12-13-24(19-29)20(2)16-21)22-14-15-31(28)25(17-22)18-23-9-7-8-11-27(23)30-34(3,32)33/h7-9,11-13,16,22,25-26,30H,4-6,10,14-15,17-18H2,1-3H3. The van der Waals surface area contributed by atoms with E-state index in [9.17, 15) is 18.2 Å². The molecule has 1 aliphatic heterocycles. The topological polar surface area (TPSA) is 73.2 Å². The van der Waals surface area contributed by atoms with Gasteiger partial charge >= 0.3 is 0 Å². The van der Waals surface area contributed by atoms with Gasteiger partial charge in [0.15, 0.2) is 0 Å². The van der Waals surface area contributed by atoms with E-state index in [2.05, 4.69) is 29.8 Å². The Hall–Kier alpha value is -2.43. The molecule has 2 aromatic rings. The zero-order valence-corrected chi connectivity index (χ0v) is 21.2. The van der Waals surface area contributed by atoms with E-state index in [4.69, 9.17) is 0 Å². The zero-order valence-electron chi connectivity index (χ0n) is 20.4. The third-order valence-corrected chi connectivity index (χ3v) is 7.53. The molecular formula is C27H36FN3O2S. The lowest BCUT2D eigenvalue weighted by atomic mass is 9.74. The van der Waals surface area contributed by atoms with Crippen molar-refractivity contribution in [3.05, 3.63) is 64.7 Å². The van der Waals surface area contributed by atoms with Crippen LogP contribution < -0.4 is 4.72 Å². The van der Waals surface area contributed by atoms with Gasteiger partial charge in [-0.2, -0.15) is 5.26 Å². The van der Waals surface area contributed by atoms with Crippen molar-refractivity contribution in [2.24, 2.45) is 5.92 Å². The predicted molar refractivity (Wildman–Crippen MR) is 136 cm³/mol. The fourth-order valence-electron chi connectivity index (χ4n) is 5.18. The maximum Gasteiger partial charge on any atom is 0.229 e. The molecule has 0 amide bonds. The van der Waals surface area contributed by atoms with Gasteiger partial charge in [-0.1, -0.05) is 56.5 Å². The van der Waals surface area contributed by atoms with Gasteiger partial charge in [-0.15, -0.1) is 9.60 Å². The molecule has 7 heteroatoms. The number of hydrogen-bond donors (Lipinski definition) is 1. The van der Waals surface area contributed by atoms with E-state index in [1.165, 1.54) is 12.0 Å². The molecule has 0 saturated carbocycles. The van der Waals surface area contributed by atoms with Crippen LogP contribution in [0.2, 0.25) is 0 Å². The number of nitriles is 1. The molecular weight excluding hydrogens is 449 g/mol. The van der Waals surface area contributed by atoms with Gasteiger partial charge in [0.2, 0.25) is 10.0 Å². The minimum atomic E-state index is -3.42. The molecule has 3 unspecified atom stereocenters. The highest BCUT2D eigenvalue weighted by Gasteiger charge is 2.34. The van der Waals surface area contributed by atoms with Crippen LogP contribution >= 0.6 is 0 Å². The third kappa shape index (κ3) is 7.04. The highest BCUT2D eigenvalue weighted by Crippen LogP contribution is 2.40. The van der Waals surface area contributed by atoms with Crippen molar-refractivity contribution in [1.29, 1.82) is 5.26 Å². The fraction of sp³-hybridized carbons (Fsp3) is 0.519. The first kappa shape index (κ1) is 26.2. The van der Waals surface area contributed by atoms with E-state index in [0.717, 1.165) is 48.2 Å². The Kier molecular flexibility index (Phi) is 9.10. The summed E-state index contributed by atoms with van der Waals surface area (Å²) in [6.45, 7) is 4.54. The lowest BCUT2D eigenvalue weighted by Crippen LogP contribution is -2.40. The second-order valence-corrected chi connectivity index (χ2v) is 11.3. The molecule has 34 heavy (non-hydrogen) atoms. The average molecular weight is 486 g/mol. The Balaban J connectivity index is 1.83. The number of para-hydroxylation sites is 1. The minimum Gasteiger partial charge on any atom is -0.284 e. The van der Waals surface area contributed by atoms with Gasteiger partial charge in [-0.3, -0.25) is 4.72 Å². The number of hydrogen-bond acceptors (Lipinski definition) is 4. The Labute approximate surface area is 204 Å². The van der Waals surface area contributed by atoms with Crippen LogP contribution in [0.15, 0.2) is 42.5 Å². The maximum absolute atomic E-state index is 15.0. The molecule has 1 heterocycles. The molecule has 3 atom stereocenters. The van der Waals surface area contributed by atoms with E-state index in [0.29, 0.717) is 42.5 Å². The number of halogens is 1. The number of aryl methyl sites for hydroxylation is 1. The first-order chi connectivity index (χ1) is 16.2. The Morgan fingerprint density at radius 3 is 2.68 bits per heavy atom. The Morgan fingerprint density at radius 1 is 1.24 bits per heavy atom. The Morgan fingerprint density at radius 2 is 2.00 bits per heavy atom. The Bertz CT molecular complexity index is 1110. The number of rotatable bonds is 10. The number of piperidine rings is 1. The third-order valence-electron chi connectivity index (χ3n) is 6.94. The fourth-order valence-corrected chi connectivity index (χ4v) is 5.78. The van der Waals surface area contributed by atoms with Crippen LogP contribution in [0.25, 0.3) is 0 Å². The number of nitrogens with zero attached hydrogens (tertiary/aromatic N) is 2. The van der Waals surface area contributed by atoms with Gasteiger partial charge in [0.25, 0.3) is 0 Å². The molecule has 0 aliphatic carbocycles. The van der Waals surface area contributed by atoms with Crippen LogP contribution in [0.1, 0.15) is 73.6 Å². The molecule has 184 valence electrons. The molecule has 1 aliphatic rings. The van der Waals surface area contributed by atoms with Crippen LogP contribution in [0.3, 0.4) is 0 Å². The molecule has 3 rings (SSSR count). The first-order valence-electron chi connectivity index (χ1n) is 12.2. The van der Waals surface area contributed by atoms with Crippen LogP contribution in [0.5, 0.6) is 0 Å². The molecule has 1 saturated heterocycles. The van der Waals surface area contributed by atoms with Crippen molar-refractivity contribution >= 4 is 15.7 Å². The molecule has 0 radical (unpaired) electrons. The van der Waals surface area contributed by atoms with Crippen molar-refractivity contribution in [3.63, 3.8) is 0 Å². The molecule has 0 spiro atoms. The van der Waals surface area contributed by atoms with Gasteiger partial charge in [0, 0.05) is 12.6 Å². The highest BCUT2D eigenvalue weighted by molar-refractivity contribution is 7.92. The second kappa shape index (κ2) is 11.8. The monoisotopic (exact) mass is 485 g/mol. The summed E-state index contributed by atoms with van der Waals surface area (Å²) < 4.78 is 41.1. The van der Waals surface area contributed by atoms with E-state index in [1.54, 1.807) is 12.1 Å². The van der Waals surface area contributed by atoms with E-state index >= 15 is 0 Å². The predicted octanol–water partition coefficient (Wildman–Crippen LogP) is 6.11.